The fraction of sp³-hybridized carbons (Fsp3) is 0.269. The van der Waals surface area contributed by atoms with Gasteiger partial charge in [0.05, 0.1) is 5.02 Å². The molecule has 0 fully saturated rings. The number of nitrogens with zero attached hydrogens (tertiary/aromatic N) is 4. The van der Waals surface area contributed by atoms with Gasteiger partial charge in [-0.1, -0.05) is 36.4 Å². The zero-order valence-electron chi connectivity index (χ0n) is 20.6. The molecule has 0 atom stereocenters. The molecule has 0 bridgehead atoms. The number of anilines is 1. The largest absolute Gasteiger partial charge is 0.487 e. The van der Waals surface area contributed by atoms with E-state index in [4.69, 9.17) is 31.8 Å². The molecule has 3 aromatic rings. The number of para-hydroxylation sites is 1. The van der Waals surface area contributed by atoms with Crippen molar-refractivity contribution in [2.45, 2.75) is 20.1 Å². The standard InChI is InChI=1S/C26H30ClN5O3/c1-7-9-22(31(3)4)18-12-16(2)30-24-17(18)10-8-11-23(24)34-14-19-20(15-35-26(33)32(5)6)25(28)29-13-21(19)27/h7-13H,1,14-15H2,2-6H3,(H2,28,29)/b22-9-. The number of amides is 1. The van der Waals surface area contributed by atoms with Crippen LogP contribution >= 0.6 is 11.6 Å². The van der Waals surface area contributed by atoms with Gasteiger partial charge in [-0.2, -0.15) is 0 Å². The Hall–Kier alpha value is -3.78. The zero-order chi connectivity index (χ0) is 25.7. The average molecular weight is 496 g/mol. The first-order chi connectivity index (χ1) is 16.6. The topological polar surface area (TPSA) is 93.8 Å². The minimum absolute atomic E-state index is 0.0787. The second-order valence-electron chi connectivity index (χ2n) is 8.33. The molecule has 184 valence electrons. The molecular formula is C26H30ClN5O3. The number of ether oxygens (including phenoxy) is 2. The van der Waals surface area contributed by atoms with E-state index < -0.39 is 6.09 Å². The summed E-state index contributed by atoms with van der Waals surface area (Å²) in [6, 6.07) is 7.82. The van der Waals surface area contributed by atoms with Crippen LogP contribution in [0, 0.1) is 6.92 Å². The summed E-state index contributed by atoms with van der Waals surface area (Å²) < 4.78 is 11.5. The van der Waals surface area contributed by atoms with E-state index in [2.05, 4.69) is 11.6 Å². The molecule has 1 amide bonds. The van der Waals surface area contributed by atoms with Crippen molar-refractivity contribution >= 4 is 40.1 Å². The van der Waals surface area contributed by atoms with Gasteiger partial charge < -0.3 is 25.0 Å². The van der Waals surface area contributed by atoms with Crippen LogP contribution < -0.4 is 10.5 Å². The number of benzene rings is 1. The lowest BCUT2D eigenvalue weighted by atomic mass is 10.0. The monoisotopic (exact) mass is 495 g/mol. The molecule has 0 aliphatic carbocycles. The second kappa shape index (κ2) is 11.1. The van der Waals surface area contributed by atoms with Crippen molar-refractivity contribution < 1.29 is 14.3 Å². The third-order valence-electron chi connectivity index (χ3n) is 5.32. The number of halogens is 1. The molecule has 0 saturated carbocycles. The van der Waals surface area contributed by atoms with Gasteiger partial charge in [0.2, 0.25) is 0 Å². The van der Waals surface area contributed by atoms with E-state index in [0.717, 1.165) is 27.9 Å². The van der Waals surface area contributed by atoms with Crippen molar-refractivity contribution in [2.24, 2.45) is 0 Å². The lowest BCUT2D eigenvalue weighted by molar-refractivity contribution is 0.111. The lowest BCUT2D eigenvalue weighted by Crippen LogP contribution is -2.23. The van der Waals surface area contributed by atoms with Crippen LogP contribution in [0.3, 0.4) is 0 Å². The van der Waals surface area contributed by atoms with E-state index in [0.29, 0.717) is 21.9 Å². The number of carbonyl (C=O) groups excluding carboxylic acids is 1. The van der Waals surface area contributed by atoms with Crippen LogP contribution in [0.2, 0.25) is 5.02 Å². The van der Waals surface area contributed by atoms with Gasteiger partial charge in [-0.25, -0.2) is 14.8 Å². The molecule has 0 spiro atoms. The molecule has 0 radical (unpaired) electrons. The van der Waals surface area contributed by atoms with Crippen molar-refractivity contribution in [1.82, 2.24) is 19.8 Å². The van der Waals surface area contributed by atoms with Gasteiger partial charge in [0.1, 0.15) is 30.3 Å². The minimum Gasteiger partial charge on any atom is -0.487 e. The molecule has 35 heavy (non-hydrogen) atoms. The molecule has 1 aromatic carbocycles. The number of fused-ring (bicyclic) bond motifs is 1. The van der Waals surface area contributed by atoms with E-state index in [1.807, 2.05) is 56.3 Å². The number of aryl methyl sites for hydroxylation is 1. The number of allylic oxidation sites excluding steroid dienone is 2. The number of aromatic nitrogens is 2. The maximum absolute atomic E-state index is 11.9. The maximum Gasteiger partial charge on any atom is 0.409 e. The predicted molar refractivity (Wildman–Crippen MR) is 140 cm³/mol. The highest BCUT2D eigenvalue weighted by molar-refractivity contribution is 6.31. The smallest absolute Gasteiger partial charge is 0.409 e. The summed E-state index contributed by atoms with van der Waals surface area (Å²) >= 11 is 6.44. The van der Waals surface area contributed by atoms with Crippen LogP contribution in [0.1, 0.15) is 22.4 Å². The van der Waals surface area contributed by atoms with Gasteiger partial charge in [-0.15, -0.1) is 0 Å². The van der Waals surface area contributed by atoms with Gasteiger partial charge in [-0.3, -0.25) is 0 Å². The van der Waals surface area contributed by atoms with E-state index >= 15 is 0 Å². The third-order valence-corrected chi connectivity index (χ3v) is 5.65. The second-order valence-corrected chi connectivity index (χ2v) is 8.74. The first-order valence-corrected chi connectivity index (χ1v) is 11.3. The molecule has 8 nitrogen and oxygen atoms in total. The predicted octanol–water partition coefficient (Wildman–Crippen LogP) is 5.04. The highest BCUT2D eigenvalue weighted by Gasteiger charge is 2.18. The van der Waals surface area contributed by atoms with E-state index in [9.17, 15) is 4.79 Å². The summed E-state index contributed by atoms with van der Waals surface area (Å²) in [4.78, 5) is 24.1. The maximum atomic E-state index is 11.9. The van der Waals surface area contributed by atoms with Gasteiger partial charge in [-0.05, 0) is 25.1 Å². The molecule has 3 rings (SSSR count). The summed E-state index contributed by atoms with van der Waals surface area (Å²) in [5.41, 5.74) is 10.8. The molecular weight excluding hydrogens is 466 g/mol. The fourth-order valence-corrected chi connectivity index (χ4v) is 3.80. The number of nitrogens with two attached hydrogens (primary N) is 1. The van der Waals surface area contributed by atoms with E-state index in [-0.39, 0.29) is 19.0 Å². The van der Waals surface area contributed by atoms with Gasteiger partial charge in [0.25, 0.3) is 0 Å². The first kappa shape index (κ1) is 25.8. The Bertz CT molecular complexity index is 1290. The molecule has 2 N–H and O–H groups in total. The number of carbonyl (C=O) groups is 1. The number of hydrogen-bond donors (Lipinski definition) is 1. The van der Waals surface area contributed by atoms with Crippen LogP contribution in [-0.4, -0.2) is 54.1 Å². The fourth-order valence-electron chi connectivity index (χ4n) is 3.58. The highest BCUT2D eigenvalue weighted by Crippen LogP contribution is 2.33. The van der Waals surface area contributed by atoms with Crippen molar-refractivity contribution in [3.63, 3.8) is 0 Å². The Morgan fingerprint density at radius 2 is 1.91 bits per heavy atom. The molecule has 0 aliphatic rings. The number of rotatable bonds is 8. The van der Waals surface area contributed by atoms with Crippen molar-refractivity contribution in [3.05, 3.63) is 76.6 Å². The average Bonchev–Trinajstić information content (AvgIpc) is 2.81. The SMILES string of the molecule is C=C/C=C(/c1cc(C)nc2c(OCc3c(Cl)cnc(N)c3COC(=O)N(C)C)cccc12)N(C)C. The Morgan fingerprint density at radius 1 is 1.17 bits per heavy atom. The number of pyridine rings is 2. The lowest BCUT2D eigenvalue weighted by Gasteiger charge is -2.20. The first-order valence-electron chi connectivity index (χ1n) is 10.9. The van der Waals surface area contributed by atoms with Gasteiger partial charge in [0, 0.05) is 67.9 Å². The Balaban J connectivity index is 2.00. The number of hydrogen-bond acceptors (Lipinski definition) is 7. The summed E-state index contributed by atoms with van der Waals surface area (Å²) in [6.07, 6.45) is 4.68. The van der Waals surface area contributed by atoms with Crippen molar-refractivity contribution in [1.29, 1.82) is 0 Å². The molecule has 0 saturated heterocycles. The van der Waals surface area contributed by atoms with Crippen LogP contribution in [0.25, 0.3) is 16.6 Å². The quantitative estimate of drug-likeness (QED) is 0.437. The molecule has 0 unspecified atom stereocenters. The zero-order valence-corrected chi connectivity index (χ0v) is 21.4. The van der Waals surface area contributed by atoms with Crippen LogP contribution in [0.15, 0.2) is 49.2 Å². The van der Waals surface area contributed by atoms with Crippen LogP contribution in [0.5, 0.6) is 5.75 Å². The van der Waals surface area contributed by atoms with E-state index in [1.165, 1.54) is 11.1 Å². The van der Waals surface area contributed by atoms with Crippen molar-refractivity contribution in [3.8, 4) is 5.75 Å². The van der Waals surface area contributed by atoms with Crippen molar-refractivity contribution in [2.75, 3.05) is 33.9 Å². The molecule has 0 aliphatic heterocycles. The highest BCUT2D eigenvalue weighted by atomic mass is 35.5. The summed E-state index contributed by atoms with van der Waals surface area (Å²) in [6.45, 7) is 5.80. The Labute approximate surface area is 210 Å². The summed E-state index contributed by atoms with van der Waals surface area (Å²) in [5.74, 6) is 0.811. The Kier molecular flexibility index (Phi) is 8.19. The summed E-state index contributed by atoms with van der Waals surface area (Å²) in [7, 11) is 7.17. The molecule has 2 heterocycles. The Morgan fingerprint density at radius 3 is 2.57 bits per heavy atom. The minimum atomic E-state index is -0.498. The molecule has 9 heteroatoms. The van der Waals surface area contributed by atoms with Gasteiger partial charge in [0.15, 0.2) is 0 Å². The molecule has 2 aromatic heterocycles. The number of nitrogen functional groups attached to an aromatic ring is 1. The third kappa shape index (κ3) is 5.84. The van der Waals surface area contributed by atoms with Crippen LogP contribution in [-0.2, 0) is 18.0 Å². The van der Waals surface area contributed by atoms with Crippen LogP contribution in [0.4, 0.5) is 10.6 Å². The van der Waals surface area contributed by atoms with Gasteiger partial charge >= 0.3 is 6.09 Å². The van der Waals surface area contributed by atoms with E-state index in [1.54, 1.807) is 20.2 Å². The normalized spacial score (nSPS) is 11.3. The summed E-state index contributed by atoms with van der Waals surface area (Å²) in [5, 5.41) is 1.30.